The quantitative estimate of drug-likeness (QED) is 0.544. The fourth-order valence-electron chi connectivity index (χ4n) is 5.42. The van der Waals surface area contributed by atoms with Crippen LogP contribution in [0.4, 0.5) is 5.95 Å². The molecule has 180 valence electrons. The van der Waals surface area contributed by atoms with E-state index in [1.54, 1.807) is 13.3 Å². The van der Waals surface area contributed by atoms with Crippen molar-refractivity contribution in [3.05, 3.63) is 42.0 Å². The normalized spacial score (nSPS) is 24.0. The van der Waals surface area contributed by atoms with E-state index in [4.69, 9.17) is 9.84 Å². The second-order valence-corrected chi connectivity index (χ2v) is 9.75. The molecule has 0 aromatic carbocycles. The number of nitrogens with zero attached hydrogens (tertiary/aromatic N) is 4. The molecule has 0 radical (unpaired) electrons. The molecule has 3 heterocycles. The molecule has 2 fully saturated rings. The molecule has 34 heavy (non-hydrogen) atoms. The van der Waals surface area contributed by atoms with Gasteiger partial charge in [0.25, 0.3) is 0 Å². The Balaban J connectivity index is 1.56. The van der Waals surface area contributed by atoms with E-state index in [1.165, 1.54) is 0 Å². The number of rotatable bonds is 7. The van der Waals surface area contributed by atoms with Crippen molar-refractivity contribution in [2.24, 2.45) is 0 Å². The number of aliphatic hydroxyl groups is 1. The van der Waals surface area contributed by atoms with Gasteiger partial charge in [-0.1, -0.05) is 0 Å². The van der Waals surface area contributed by atoms with Crippen LogP contribution in [0.1, 0.15) is 75.1 Å². The maximum absolute atomic E-state index is 12.3. The van der Waals surface area contributed by atoms with Crippen molar-refractivity contribution in [1.82, 2.24) is 19.6 Å². The summed E-state index contributed by atoms with van der Waals surface area (Å²) in [6, 6.07) is 6.35. The molecular formula is C26H33N5O3. The monoisotopic (exact) mass is 463 g/mol. The van der Waals surface area contributed by atoms with Crippen LogP contribution in [0.3, 0.4) is 0 Å². The smallest absolute Gasteiger partial charge is 0.241 e. The average Bonchev–Trinajstić information content (AvgIpc) is 3.43. The van der Waals surface area contributed by atoms with Gasteiger partial charge in [0.05, 0.1) is 36.0 Å². The largest absolute Gasteiger partial charge is 0.393 e. The predicted octanol–water partition coefficient (Wildman–Crippen LogP) is 4.09. The fraction of sp³-hybridized carbons (Fsp3) is 0.538. The third-order valence-electron chi connectivity index (χ3n) is 7.21. The number of Topliss-reactive ketones (excluding diaryl/α,β-unsaturated/α-hetero) is 1. The number of pyridine rings is 1. The molecule has 2 atom stereocenters. The number of fused-ring (bicyclic) bond motifs is 1. The number of nitrogens with one attached hydrogen (secondary N) is 1. The first-order chi connectivity index (χ1) is 16.5. The summed E-state index contributed by atoms with van der Waals surface area (Å²) < 4.78 is 7.24. The molecule has 0 spiro atoms. The van der Waals surface area contributed by atoms with Gasteiger partial charge in [-0.15, -0.1) is 5.10 Å². The van der Waals surface area contributed by atoms with E-state index in [9.17, 15) is 9.90 Å². The number of aromatic nitrogens is 4. The zero-order chi connectivity index (χ0) is 23.7. The Morgan fingerprint density at radius 2 is 2.03 bits per heavy atom. The van der Waals surface area contributed by atoms with Gasteiger partial charge >= 0.3 is 0 Å². The Labute approximate surface area is 199 Å². The van der Waals surface area contributed by atoms with Gasteiger partial charge in [-0.05, 0) is 69.2 Å². The number of methoxy groups -OCH3 is 1. The molecule has 0 aliphatic heterocycles. The lowest BCUT2D eigenvalue weighted by atomic mass is 9.85. The van der Waals surface area contributed by atoms with Gasteiger partial charge in [0, 0.05) is 42.9 Å². The average molecular weight is 464 g/mol. The summed E-state index contributed by atoms with van der Waals surface area (Å²) in [5.74, 6) is 1.07. The minimum Gasteiger partial charge on any atom is -0.393 e. The van der Waals surface area contributed by atoms with Gasteiger partial charge in [0.15, 0.2) is 0 Å². The molecule has 0 saturated heterocycles. The van der Waals surface area contributed by atoms with E-state index >= 15 is 0 Å². The van der Waals surface area contributed by atoms with E-state index in [2.05, 4.69) is 27.4 Å². The first kappa shape index (κ1) is 22.9. The third kappa shape index (κ3) is 4.57. The Kier molecular flexibility index (Phi) is 6.61. The van der Waals surface area contributed by atoms with Crippen LogP contribution in [0.25, 0.3) is 16.6 Å². The van der Waals surface area contributed by atoms with Crippen molar-refractivity contribution in [2.45, 2.75) is 75.9 Å². The molecule has 8 nitrogen and oxygen atoms in total. The van der Waals surface area contributed by atoms with Crippen molar-refractivity contribution in [3.63, 3.8) is 0 Å². The second kappa shape index (κ2) is 9.80. The van der Waals surface area contributed by atoms with Crippen LogP contribution in [0.5, 0.6) is 0 Å². The number of hydrogen-bond donors (Lipinski definition) is 2. The van der Waals surface area contributed by atoms with E-state index in [1.807, 2.05) is 23.7 Å². The molecule has 2 aliphatic carbocycles. The number of anilines is 1. The van der Waals surface area contributed by atoms with E-state index < -0.39 is 0 Å². The molecule has 1 unspecified atom stereocenters. The van der Waals surface area contributed by atoms with Crippen molar-refractivity contribution in [3.8, 4) is 11.1 Å². The van der Waals surface area contributed by atoms with Crippen LogP contribution in [0, 0.1) is 0 Å². The van der Waals surface area contributed by atoms with Crippen molar-refractivity contribution >= 4 is 17.2 Å². The molecule has 8 heteroatoms. The molecular weight excluding hydrogens is 430 g/mol. The summed E-state index contributed by atoms with van der Waals surface area (Å²) >= 11 is 0. The lowest BCUT2D eigenvalue weighted by Crippen LogP contribution is -2.23. The molecule has 3 aromatic heterocycles. The topological polar surface area (TPSA) is 102 Å². The van der Waals surface area contributed by atoms with Gasteiger partial charge in [-0.25, -0.2) is 9.50 Å². The number of ether oxygens (including phenoxy) is 1. The first-order valence-electron chi connectivity index (χ1n) is 12.3. The highest BCUT2D eigenvalue weighted by Gasteiger charge is 2.29. The number of carbonyl (C=O) groups is 1. The number of aliphatic hydroxyl groups excluding tert-OH is 1. The molecule has 2 N–H and O–H groups in total. The Morgan fingerprint density at radius 3 is 2.76 bits per heavy atom. The summed E-state index contributed by atoms with van der Waals surface area (Å²) in [7, 11) is 1.68. The van der Waals surface area contributed by atoms with Crippen molar-refractivity contribution < 1.29 is 14.6 Å². The number of ketones is 1. The Bertz CT molecular complexity index is 1170. The minimum absolute atomic E-state index is 0.0810. The lowest BCUT2D eigenvalue weighted by Gasteiger charge is -2.25. The van der Waals surface area contributed by atoms with Crippen LogP contribution >= 0.6 is 0 Å². The van der Waals surface area contributed by atoms with E-state index in [0.29, 0.717) is 24.9 Å². The van der Waals surface area contributed by atoms with Gasteiger partial charge in [0.1, 0.15) is 5.78 Å². The van der Waals surface area contributed by atoms with Gasteiger partial charge in [-0.3, -0.25) is 9.78 Å². The highest BCUT2D eigenvalue weighted by atomic mass is 16.5. The summed E-state index contributed by atoms with van der Waals surface area (Å²) in [5.41, 5.74) is 5.00. The predicted molar refractivity (Wildman–Crippen MR) is 130 cm³/mol. The van der Waals surface area contributed by atoms with E-state index in [-0.39, 0.29) is 23.8 Å². The molecule has 2 aliphatic rings. The highest BCUT2D eigenvalue weighted by Crippen LogP contribution is 2.38. The first-order valence-corrected chi connectivity index (χ1v) is 12.3. The van der Waals surface area contributed by atoms with Crippen LogP contribution < -0.4 is 5.32 Å². The zero-order valence-electron chi connectivity index (χ0n) is 19.9. The fourth-order valence-corrected chi connectivity index (χ4v) is 5.42. The van der Waals surface area contributed by atoms with Crippen molar-refractivity contribution in [1.29, 1.82) is 0 Å². The summed E-state index contributed by atoms with van der Waals surface area (Å²) in [5, 5.41) is 18.2. The molecule has 5 rings (SSSR count). The van der Waals surface area contributed by atoms with Crippen LogP contribution in [-0.2, 0) is 9.53 Å². The van der Waals surface area contributed by atoms with Crippen LogP contribution in [0.15, 0.2) is 30.6 Å². The van der Waals surface area contributed by atoms with Gasteiger partial charge < -0.3 is 15.2 Å². The van der Waals surface area contributed by atoms with Crippen molar-refractivity contribution in [2.75, 3.05) is 19.0 Å². The minimum atomic E-state index is -0.213. The van der Waals surface area contributed by atoms with Gasteiger partial charge in [0.2, 0.25) is 5.95 Å². The second-order valence-electron chi connectivity index (χ2n) is 9.75. The van der Waals surface area contributed by atoms with E-state index in [0.717, 1.165) is 66.6 Å². The maximum atomic E-state index is 12.3. The number of hydrogen-bond acceptors (Lipinski definition) is 7. The summed E-state index contributed by atoms with van der Waals surface area (Å²) in [4.78, 5) is 21.5. The zero-order valence-corrected chi connectivity index (χ0v) is 19.9. The van der Waals surface area contributed by atoms with Crippen LogP contribution in [0.2, 0.25) is 0 Å². The summed E-state index contributed by atoms with van der Waals surface area (Å²) in [6.45, 7) is 2.59. The highest BCUT2D eigenvalue weighted by molar-refractivity contribution is 5.88. The molecule has 3 aromatic rings. The van der Waals surface area contributed by atoms with Gasteiger partial charge in [-0.2, -0.15) is 0 Å². The Morgan fingerprint density at radius 1 is 1.21 bits per heavy atom. The molecule has 0 bridgehead atoms. The standard InChI is InChI=1S/C26H33N5O3/c1-16(15-34-2)29-26-28-14-24-21(13-23(31(24)30-26)17-6-8-19(32)9-7-17)18-10-11-27-22(12-18)20-4-3-5-25(20)33/h10-14,16-17,19-20,32H,3-9,15H2,1-2H3,(H,29,30)/t16-,17?,19?,20?/m0/s1. The van der Waals surface area contributed by atoms with Crippen LogP contribution in [-0.4, -0.2) is 56.3 Å². The lowest BCUT2D eigenvalue weighted by molar-refractivity contribution is -0.118. The third-order valence-corrected chi connectivity index (χ3v) is 7.21. The molecule has 2 saturated carbocycles. The Hall–Kier alpha value is -2.84. The maximum Gasteiger partial charge on any atom is 0.241 e. The summed E-state index contributed by atoms with van der Waals surface area (Å²) in [6.07, 6.45) is 9.38. The molecule has 0 amide bonds. The SMILES string of the molecule is COC[C@H](C)Nc1ncc2c(-c3ccnc(C4CCCC4=O)c3)cc(C3CCC(O)CC3)n2n1. The number of carbonyl (C=O) groups excluding carboxylic acids is 1.